The van der Waals surface area contributed by atoms with Gasteiger partial charge in [0.15, 0.2) is 0 Å². The number of hydrogen-bond acceptors (Lipinski definition) is 4. The first-order chi connectivity index (χ1) is 23.1. The van der Waals surface area contributed by atoms with Crippen LogP contribution in [0.2, 0.25) is 0 Å². The zero-order valence-corrected chi connectivity index (χ0v) is 30.2. The fourth-order valence-electron chi connectivity index (χ4n) is 6.11. The summed E-state index contributed by atoms with van der Waals surface area (Å²) in [7, 11) is 3.24. The number of carbonyl (C=O) groups excluding carboxylic acids is 2. The van der Waals surface area contributed by atoms with E-state index in [1.165, 1.54) is 0 Å². The van der Waals surface area contributed by atoms with Gasteiger partial charge in [-0.15, -0.1) is 0 Å². The van der Waals surface area contributed by atoms with Crippen LogP contribution in [-0.2, 0) is 22.4 Å². The monoisotopic (exact) mass is 764 g/mol. The molecule has 0 bridgehead atoms. The molecule has 0 heterocycles. The van der Waals surface area contributed by atoms with Crippen molar-refractivity contribution in [1.29, 1.82) is 0 Å². The zero-order chi connectivity index (χ0) is 33.9. The van der Waals surface area contributed by atoms with Crippen molar-refractivity contribution in [2.24, 2.45) is 0 Å². The largest absolute Gasteiger partial charge is 0.496 e. The van der Waals surface area contributed by atoms with E-state index in [1.807, 2.05) is 98.8 Å². The van der Waals surface area contributed by atoms with Gasteiger partial charge in [0.05, 0.1) is 27.1 Å². The average molecular weight is 767 g/mol. The van der Waals surface area contributed by atoms with Crippen LogP contribution in [-0.4, -0.2) is 26.0 Å². The molecule has 6 rings (SSSR count). The number of rotatable bonds is 9. The van der Waals surface area contributed by atoms with Crippen LogP contribution in [0.25, 0.3) is 32.7 Å². The number of halogens is 2. The number of aryl methyl sites for hydroxylation is 2. The Morgan fingerprint density at radius 2 is 0.979 bits per heavy atom. The third-order valence-electron chi connectivity index (χ3n) is 8.55. The van der Waals surface area contributed by atoms with E-state index in [-0.39, 0.29) is 24.7 Å². The highest BCUT2D eigenvalue weighted by molar-refractivity contribution is 9.10. The van der Waals surface area contributed by atoms with Gasteiger partial charge >= 0.3 is 0 Å². The number of fused-ring (bicyclic) bond motifs is 2. The number of benzene rings is 6. The van der Waals surface area contributed by atoms with E-state index >= 15 is 0 Å². The molecule has 8 heteroatoms. The SMILES string of the molecule is COc1ccc2cc(Br)ccc2c1CC(=O)Nc1ccc(-c2ccc(NC(=O)Cc3c(OC)ccc4cc(Br)ccc34)c(C)c2)cc1C. The first-order valence-electron chi connectivity index (χ1n) is 15.4. The van der Waals surface area contributed by atoms with Gasteiger partial charge < -0.3 is 20.1 Å². The molecule has 0 atom stereocenters. The van der Waals surface area contributed by atoms with Gasteiger partial charge in [-0.05, 0) is 118 Å². The number of ether oxygens (including phenoxy) is 2. The van der Waals surface area contributed by atoms with Crippen molar-refractivity contribution in [2.75, 3.05) is 24.9 Å². The van der Waals surface area contributed by atoms with E-state index < -0.39 is 0 Å². The standard InChI is InChI=1S/C40H34Br2N2O4/c1-23-17-25(5-13-35(23)43-39(45)21-33-31-11-9-29(41)19-27(31)7-15-37(33)47-3)26-6-14-36(24(2)18-26)44-40(46)22-34-32-12-10-30(42)20-28(32)8-16-38(34)48-4/h5-20H,21-22H2,1-4H3,(H,43,45)(H,44,46). The van der Waals surface area contributed by atoms with Crippen LogP contribution in [0.5, 0.6) is 11.5 Å². The molecule has 0 fully saturated rings. The zero-order valence-electron chi connectivity index (χ0n) is 27.0. The molecule has 0 saturated heterocycles. The highest BCUT2D eigenvalue weighted by atomic mass is 79.9. The minimum Gasteiger partial charge on any atom is -0.496 e. The van der Waals surface area contributed by atoms with Crippen molar-refractivity contribution in [3.05, 3.63) is 128 Å². The van der Waals surface area contributed by atoms with Crippen LogP contribution >= 0.6 is 31.9 Å². The summed E-state index contributed by atoms with van der Waals surface area (Å²) in [6, 6.07) is 31.8. The van der Waals surface area contributed by atoms with Crippen molar-refractivity contribution < 1.29 is 19.1 Å². The third-order valence-corrected chi connectivity index (χ3v) is 9.54. The molecule has 0 spiro atoms. The summed E-state index contributed by atoms with van der Waals surface area (Å²) >= 11 is 7.05. The average Bonchev–Trinajstić information content (AvgIpc) is 3.06. The van der Waals surface area contributed by atoms with Crippen molar-refractivity contribution in [3.63, 3.8) is 0 Å². The molecule has 6 aromatic carbocycles. The number of amides is 2. The number of anilines is 2. The lowest BCUT2D eigenvalue weighted by molar-refractivity contribution is -0.116. The lowest BCUT2D eigenvalue weighted by Gasteiger charge is -2.15. The second-order valence-electron chi connectivity index (χ2n) is 11.7. The molecule has 0 aliphatic carbocycles. The Balaban J connectivity index is 1.15. The Kier molecular flexibility index (Phi) is 9.85. The van der Waals surface area contributed by atoms with E-state index in [1.54, 1.807) is 14.2 Å². The minimum atomic E-state index is -0.121. The lowest BCUT2D eigenvalue weighted by atomic mass is 9.99. The number of carbonyl (C=O) groups is 2. The molecular weight excluding hydrogens is 732 g/mol. The van der Waals surface area contributed by atoms with Crippen LogP contribution < -0.4 is 20.1 Å². The summed E-state index contributed by atoms with van der Waals surface area (Å²) in [6.45, 7) is 3.97. The molecular formula is C40H34Br2N2O4. The van der Waals surface area contributed by atoms with E-state index in [0.29, 0.717) is 11.5 Å². The van der Waals surface area contributed by atoms with Crippen molar-refractivity contribution in [1.82, 2.24) is 0 Å². The summed E-state index contributed by atoms with van der Waals surface area (Å²) in [4.78, 5) is 26.5. The Labute approximate surface area is 296 Å². The van der Waals surface area contributed by atoms with Gasteiger partial charge in [0.2, 0.25) is 11.8 Å². The predicted octanol–water partition coefficient (Wildman–Crippen LogP) is 10.2. The first-order valence-corrected chi connectivity index (χ1v) is 17.0. The molecule has 0 saturated carbocycles. The van der Waals surface area contributed by atoms with E-state index in [9.17, 15) is 9.59 Å². The number of methoxy groups -OCH3 is 2. The Morgan fingerprint density at radius 3 is 1.35 bits per heavy atom. The van der Waals surface area contributed by atoms with Gasteiger partial charge in [0.25, 0.3) is 0 Å². The Bertz CT molecular complexity index is 2060. The molecule has 0 aromatic heterocycles. The second-order valence-corrected chi connectivity index (χ2v) is 13.6. The summed E-state index contributed by atoms with van der Waals surface area (Å²) in [5, 5.41) is 10.2. The minimum absolute atomic E-state index is 0.121. The molecule has 2 N–H and O–H groups in total. The van der Waals surface area contributed by atoms with E-state index in [2.05, 4.69) is 54.6 Å². The van der Waals surface area contributed by atoms with Gasteiger partial charge in [-0.2, -0.15) is 0 Å². The fourth-order valence-corrected chi connectivity index (χ4v) is 6.87. The molecule has 2 amide bonds. The van der Waals surface area contributed by atoms with Crippen molar-refractivity contribution in [3.8, 4) is 22.6 Å². The van der Waals surface area contributed by atoms with E-state index in [0.717, 1.165) is 75.2 Å². The number of hydrogen-bond donors (Lipinski definition) is 2. The molecule has 0 aliphatic rings. The smallest absolute Gasteiger partial charge is 0.228 e. The van der Waals surface area contributed by atoms with Crippen LogP contribution in [0.4, 0.5) is 11.4 Å². The van der Waals surface area contributed by atoms with Gasteiger partial charge in [0.1, 0.15) is 11.5 Å². The molecule has 242 valence electrons. The fraction of sp³-hybridized carbons (Fsp3) is 0.150. The van der Waals surface area contributed by atoms with Crippen LogP contribution in [0.1, 0.15) is 22.3 Å². The summed E-state index contributed by atoms with van der Waals surface area (Å²) in [5.41, 5.74) is 7.12. The second kappa shape index (κ2) is 14.2. The van der Waals surface area contributed by atoms with Crippen molar-refractivity contribution >= 4 is 76.6 Å². The highest BCUT2D eigenvalue weighted by Crippen LogP contribution is 2.33. The summed E-state index contributed by atoms with van der Waals surface area (Å²) < 4.78 is 13.2. The molecule has 6 nitrogen and oxygen atoms in total. The summed E-state index contributed by atoms with van der Waals surface area (Å²) in [6.07, 6.45) is 0.363. The normalized spacial score (nSPS) is 11.0. The van der Waals surface area contributed by atoms with Crippen LogP contribution in [0.3, 0.4) is 0 Å². The molecule has 0 radical (unpaired) electrons. The quantitative estimate of drug-likeness (QED) is 0.154. The maximum Gasteiger partial charge on any atom is 0.228 e. The maximum atomic E-state index is 13.2. The van der Waals surface area contributed by atoms with Crippen molar-refractivity contribution in [2.45, 2.75) is 26.7 Å². The molecule has 48 heavy (non-hydrogen) atoms. The third kappa shape index (κ3) is 7.10. The van der Waals surface area contributed by atoms with Gasteiger partial charge in [0, 0.05) is 31.4 Å². The Morgan fingerprint density at radius 1 is 0.562 bits per heavy atom. The first kappa shape index (κ1) is 33.2. The maximum absolute atomic E-state index is 13.2. The predicted molar refractivity (Wildman–Crippen MR) is 202 cm³/mol. The van der Waals surface area contributed by atoms with Crippen LogP contribution in [0.15, 0.2) is 106 Å². The van der Waals surface area contributed by atoms with Gasteiger partial charge in [-0.1, -0.05) is 68.3 Å². The Hall–Kier alpha value is -4.66. The lowest BCUT2D eigenvalue weighted by Crippen LogP contribution is -2.16. The van der Waals surface area contributed by atoms with Crippen LogP contribution in [0, 0.1) is 13.8 Å². The molecule has 0 aliphatic heterocycles. The highest BCUT2D eigenvalue weighted by Gasteiger charge is 2.16. The van der Waals surface area contributed by atoms with Gasteiger partial charge in [-0.25, -0.2) is 0 Å². The molecule has 0 unspecified atom stereocenters. The van der Waals surface area contributed by atoms with E-state index in [4.69, 9.17) is 9.47 Å². The molecule has 6 aromatic rings. The number of nitrogens with one attached hydrogen (secondary N) is 2. The topological polar surface area (TPSA) is 76.7 Å². The summed E-state index contributed by atoms with van der Waals surface area (Å²) in [5.74, 6) is 1.13. The van der Waals surface area contributed by atoms with Gasteiger partial charge in [-0.3, -0.25) is 9.59 Å².